The van der Waals surface area contributed by atoms with Crippen molar-refractivity contribution in [1.82, 2.24) is 0 Å². The number of hydrogen-bond donors (Lipinski definition) is 2. The Morgan fingerprint density at radius 3 is 1.64 bits per heavy atom. The second kappa shape index (κ2) is 6.20. The van der Waals surface area contributed by atoms with Gasteiger partial charge in [-0.25, -0.2) is 0 Å². The maximum absolute atomic E-state index is 5.83. The van der Waals surface area contributed by atoms with Crippen LogP contribution in [0.5, 0.6) is 0 Å². The first-order chi connectivity index (χ1) is 12.2. The van der Waals surface area contributed by atoms with Crippen LogP contribution in [0.15, 0.2) is 73.1 Å². The Kier molecular flexibility index (Phi) is 3.74. The molecule has 25 heavy (non-hydrogen) atoms. The number of nitrogen functional groups attached to an aromatic ring is 2. The maximum Gasteiger partial charge on any atom is 0.723 e. The Labute approximate surface area is 145 Å². The lowest BCUT2D eigenvalue weighted by atomic mass is 10.2. The summed E-state index contributed by atoms with van der Waals surface area (Å²) in [6.45, 7) is 0. The molecule has 6 nitrogen and oxygen atoms in total. The van der Waals surface area contributed by atoms with E-state index in [1.165, 1.54) is 0 Å². The van der Waals surface area contributed by atoms with Gasteiger partial charge < -0.3 is 11.5 Å². The molecule has 0 bridgehead atoms. The summed E-state index contributed by atoms with van der Waals surface area (Å²) in [5, 5.41) is 1.99. The molecule has 2 aromatic heterocycles. The molecule has 7 heteroatoms. The highest BCUT2D eigenvalue weighted by Gasteiger charge is 2.17. The smallest absolute Gasteiger partial charge is 0.399 e. The number of benzene rings is 2. The Balaban J connectivity index is 1.55. The lowest BCUT2D eigenvalue weighted by Crippen LogP contribution is -2.54. The van der Waals surface area contributed by atoms with Gasteiger partial charge in [0.05, 0.1) is 10.8 Å². The molecule has 4 N–H and O–H groups in total. The Morgan fingerprint density at radius 2 is 1.16 bits per heavy atom. The van der Waals surface area contributed by atoms with Gasteiger partial charge in [-0.05, 0) is 45.9 Å². The van der Waals surface area contributed by atoms with Gasteiger partial charge in [0.15, 0.2) is 0 Å². The van der Waals surface area contributed by atoms with E-state index in [1.807, 2.05) is 73.1 Å². The van der Waals surface area contributed by atoms with E-state index in [4.69, 9.17) is 21.0 Å². The predicted octanol–water partition coefficient (Wildman–Crippen LogP) is 0.556. The summed E-state index contributed by atoms with van der Waals surface area (Å²) in [6, 6.07) is 19.1. The first-order valence-electron chi connectivity index (χ1n) is 7.87. The van der Waals surface area contributed by atoms with Crippen molar-refractivity contribution in [1.29, 1.82) is 0 Å². The normalized spacial score (nSPS) is 10.7. The van der Waals surface area contributed by atoms with Crippen molar-refractivity contribution in [3.8, 4) is 0 Å². The Bertz CT molecular complexity index is 986. The number of aromatic nitrogens is 2. The van der Waals surface area contributed by atoms with Crippen LogP contribution in [0.25, 0.3) is 21.8 Å². The Hall–Kier alpha value is -3.48. The third-order valence-electron chi connectivity index (χ3n) is 3.96. The summed E-state index contributed by atoms with van der Waals surface area (Å²) in [7, 11) is 0.0440. The summed E-state index contributed by atoms with van der Waals surface area (Å²) in [5.41, 5.74) is 14.9. The molecule has 0 radical (unpaired) electrons. The molecule has 0 aliphatic heterocycles. The van der Waals surface area contributed by atoms with Crippen molar-refractivity contribution in [2.45, 2.75) is 0 Å². The molecule has 0 aliphatic carbocycles. The van der Waals surface area contributed by atoms with Crippen LogP contribution in [0.4, 0.5) is 11.4 Å². The molecule has 0 saturated carbocycles. The molecule has 0 saturated heterocycles. The van der Waals surface area contributed by atoms with E-state index in [9.17, 15) is 0 Å². The first kappa shape index (κ1) is 15.1. The second-order valence-electron chi connectivity index (χ2n) is 5.68. The van der Waals surface area contributed by atoms with Crippen LogP contribution in [-0.2, 0) is 0 Å². The van der Waals surface area contributed by atoms with Gasteiger partial charge in [0.1, 0.15) is 0 Å². The summed E-state index contributed by atoms with van der Waals surface area (Å²) < 4.78 is 14.8. The predicted molar refractivity (Wildman–Crippen MR) is 97.4 cm³/mol. The van der Waals surface area contributed by atoms with Crippen LogP contribution in [-0.4, -0.2) is 7.69 Å². The molecule has 122 valence electrons. The number of pyridine rings is 2. The number of anilines is 2. The minimum atomic E-state index is 0.0440. The van der Waals surface area contributed by atoms with Crippen LogP contribution in [0.3, 0.4) is 0 Å². The van der Waals surface area contributed by atoms with Crippen LogP contribution in [0.2, 0.25) is 0 Å². The lowest BCUT2D eigenvalue weighted by Gasteiger charge is -2.02. The number of rotatable bonds is 4. The monoisotopic (exact) mass is 332 g/mol. The quantitative estimate of drug-likeness (QED) is 0.325. The van der Waals surface area contributed by atoms with E-state index in [0.29, 0.717) is 11.4 Å². The fourth-order valence-electron chi connectivity index (χ4n) is 2.79. The lowest BCUT2D eigenvalue weighted by molar-refractivity contribution is -0.871. The highest BCUT2D eigenvalue weighted by molar-refractivity contribution is 6.17. The molecule has 4 rings (SSSR count). The number of hydrogen-bond acceptors (Lipinski definition) is 4. The third kappa shape index (κ3) is 2.99. The van der Waals surface area contributed by atoms with Crippen LogP contribution in [0, 0.1) is 0 Å². The van der Waals surface area contributed by atoms with Crippen molar-refractivity contribution in [3.63, 3.8) is 0 Å². The molecule has 0 atom stereocenters. The highest BCUT2D eigenvalue weighted by Crippen LogP contribution is 2.13. The molecular weight excluding hydrogens is 315 g/mol. The highest BCUT2D eigenvalue weighted by atomic mass is 16.7. The number of fused-ring (bicyclic) bond motifs is 2. The largest absolute Gasteiger partial charge is 0.723 e. The van der Waals surface area contributed by atoms with Crippen molar-refractivity contribution < 1.29 is 19.0 Å². The summed E-state index contributed by atoms with van der Waals surface area (Å²) in [5.74, 6) is 0. The van der Waals surface area contributed by atoms with Gasteiger partial charge in [0.25, 0.3) is 11.0 Å². The molecule has 0 spiro atoms. The van der Waals surface area contributed by atoms with Gasteiger partial charge in [-0.2, -0.15) is 0 Å². The van der Waals surface area contributed by atoms with Crippen LogP contribution < -0.4 is 30.4 Å². The van der Waals surface area contributed by atoms with Gasteiger partial charge in [-0.15, -0.1) is 0 Å². The maximum atomic E-state index is 5.83. The summed E-state index contributed by atoms with van der Waals surface area (Å²) in [4.78, 5) is 0. The molecule has 0 amide bonds. The fraction of sp³-hybridized carbons (Fsp3) is 0. The van der Waals surface area contributed by atoms with Gasteiger partial charge in [-0.1, -0.05) is 0 Å². The zero-order valence-electron chi connectivity index (χ0n) is 13.5. The van der Waals surface area contributed by atoms with Crippen molar-refractivity contribution in [2.75, 3.05) is 11.5 Å². The molecule has 0 unspecified atom stereocenters. The SMILES string of the molecule is Nc1ccc2c(ccc[n+]2OBO[n+]2cccc3cc(N)ccc32)c1. The fourth-order valence-corrected chi connectivity index (χ4v) is 2.79. The van der Waals surface area contributed by atoms with Crippen molar-refractivity contribution in [3.05, 3.63) is 73.1 Å². The van der Waals surface area contributed by atoms with E-state index < -0.39 is 0 Å². The van der Waals surface area contributed by atoms with E-state index >= 15 is 0 Å². The standard InChI is InChI=1S/C18H17BN4O2/c20-15-5-7-17-13(11-15)3-1-9-22(17)24-19-25-23-10-2-4-14-12-16(21)6-8-18(14)23/h1-12,19H,20-21H2/q+2. The minimum Gasteiger partial charge on any atom is -0.399 e. The van der Waals surface area contributed by atoms with Gasteiger partial charge >= 0.3 is 7.69 Å². The Morgan fingerprint density at radius 1 is 0.680 bits per heavy atom. The minimum absolute atomic E-state index is 0.0440. The first-order valence-corrected chi connectivity index (χ1v) is 7.87. The van der Waals surface area contributed by atoms with Gasteiger partial charge in [-0.3, -0.25) is 9.51 Å². The zero-order chi connectivity index (χ0) is 17.2. The molecule has 0 aliphatic rings. The van der Waals surface area contributed by atoms with Gasteiger partial charge in [0.2, 0.25) is 12.4 Å². The third-order valence-corrected chi connectivity index (χ3v) is 3.96. The molecule has 4 aromatic rings. The average Bonchev–Trinajstić information content (AvgIpc) is 2.61. The van der Waals surface area contributed by atoms with Crippen LogP contribution in [0.1, 0.15) is 0 Å². The van der Waals surface area contributed by atoms with E-state index in [-0.39, 0.29) is 7.69 Å². The summed E-state index contributed by atoms with van der Waals surface area (Å²) in [6.07, 6.45) is 3.66. The van der Waals surface area contributed by atoms with Crippen molar-refractivity contribution >= 4 is 40.9 Å². The van der Waals surface area contributed by atoms with E-state index in [1.54, 1.807) is 9.46 Å². The zero-order valence-corrected chi connectivity index (χ0v) is 13.5. The molecule has 2 heterocycles. The molecule has 2 aromatic carbocycles. The number of nitrogens with zero attached hydrogens (tertiary/aromatic N) is 2. The topological polar surface area (TPSA) is 78.3 Å². The van der Waals surface area contributed by atoms with E-state index in [0.717, 1.165) is 21.8 Å². The van der Waals surface area contributed by atoms with Crippen molar-refractivity contribution in [2.24, 2.45) is 0 Å². The molecular formula is C18H17BN4O2+2. The molecule has 0 fully saturated rings. The summed E-state index contributed by atoms with van der Waals surface area (Å²) >= 11 is 0. The number of nitrogens with two attached hydrogens (primary N) is 2. The van der Waals surface area contributed by atoms with Gasteiger partial charge in [0, 0.05) is 35.6 Å². The van der Waals surface area contributed by atoms with E-state index in [2.05, 4.69) is 0 Å². The average molecular weight is 332 g/mol. The van der Waals surface area contributed by atoms with Crippen LogP contribution >= 0.6 is 0 Å². The second-order valence-corrected chi connectivity index (χ2v) is 5.68.